The third kappa shape index (κ3) is 5.39. The van der Waals surface area contributed by atoms with Gasteiger partial charge in [-0.3, -0.25) is 9.59 Å². The Morgan fingerprint density at radius 1 is 1.19 bits per heavy atom. The van der Waals surface area contributed by atoms with E-state index in [1.807, 2.05) is 49.5 Å². The maximum atomic E-state index is 13.0. The van der Waals surface area contributed by atoms with Crippen LogP contribution >= 0.6 is 0 Å². The number of aromatic nitrogens is 5. The molecule has 4 aromatic heterocycles. The Morgan fingerprint density at radius 3 is 2.95 bits per heavy atom. The van der Waals surface area contributed by atoms with Crippen molar-refractivity contribution in [2.75, 3.05) is 33.7 Å². The minimum Gasteiger partial charge on any atom is -0.354 e. The molecule has 1 aliphatic rings. The Kier molecular flexibility index (Phi) is 7.27. The van der Waals surface area contributed by atoms with Crippen molar-refractivity contribution in [1.82, 2.24) is 39.9 Å². The van der Waals surface area contributed by atoms with Crippen molar-refractivity contribution in [3.8, 4) is 11.1 Å². The molecule has 0 aromatic carbocycles. The topological polar surface area (TPSA) is 112 Å². The Morgan fingerprint density at radius 2 is 2.08 bits per heavy atom. The number of likely N-dealkylation sites (tertiary alicyclic amines) is 1. The highest BCUT2D eigenvalue weighted by molar-refractivity contribution is 5.97. The zero-order valence-electron chi connectivity index (χ0n) is 21.2. The van der Waals surface area contributed by atoms with Crippen LogP contribution in [0.2, 0.25) is 0 Å². The first-order valence-corrected chi connectivity index (χ1v) is 12.7. The summed E-state index contributed by atoms with van der Waals surface area (Å²) in [7, 11) is 3.90. The second-order valence-corrected chi connectivity index (χ2v) is 9.62. The summed E-state index contributed by atoms with van der Waals surface area (Å²) in [4.78, 5) is 37.3. The van der Waals surface area contributed by atoms with Crippen LogP contribution in [0.15, 0.2) is 55.0 Å². The molecule has 5 heterocycles. The van der Waals surface area contributed by atoms with Gasteiger partial charge in [-0.05, 0) is 63.2 Å². The van der Waals surface area contributed by atoms with Gasteiger partial charge < -0.3 is 20.1 Å². The third-order valence-corrected chi connectivity index (χ3v) is 6.69. The van der Waals surface area contributed by atoms with Crippen molar-refractivity contribution in [3.05, 3.63) is 60.7 Å². The number of nitrogens with one attached hydrogen (secondary N) is 2. The van der Waals surface area contributed by atoms with E-state index in [2.05, 4.69) is 31.5 Å². The van der Waals surface area contributed by atoms with Crippen LogP contribution in [0.3, 0.4) is 0 Å². The number of hydrogen-bond donors (Lipinski definition) is 2. The lowest BCUT2D eigenvalue weighted by molar-refractivity contribution is -0.138. The molecule has 0 aliphatic carbocycles. The van der Waals surface area contributed by atoms with Crippen LogP contribution in [0, 0.1) is 0 Å². The van der Waals surface area contributed by atoms with Crippen molar-refractivity contribution in [1.29, 1.82) is 0 Å². The number of carbonyl (C=O) groups excluding carboxylic acids is 2. The highest BCUT2D eigenvalue weighted by Gasteiger charge is 2.30. The van der Waals surface area contributed by atoms with Gasteiger partial charge in [-0.25, -0.2) is 4.98 Å². The van der Waals surface area contributed by atoms with Gasteiger partial charge >= 0.3 is 0 Å². The maximum absolute atomic E-state index is 13.0. The number of nitrogens with zero attached hydrogens (tertiary/aromatic N) is 6. The minimum atomic E-state index is -0.425. The summed E-state index contributed by atoms with van der Waals surface area (Å²) in [6.07, 6.45) is 11.9. The first kappa shape index (κ1) is 24.6. The van der Waals surface area contributed by atoms with Gasteiger partial charge in [0.1, 0.15) is 11.7 Å². The van der Waals surface area contributed by atoms with Gasteiger partial charge in [0.2, 0.25) is 11.8 Å². The van der Waals surface area contributed by atoms with E-state index in [0.717, 1.165) is 46.2 Å². The van der Waals surface area contributed by atoms with Crippen LogP contribution in [-0.4, -0.2) is 86.2 Å². The second kappa shape index (κ2) is 10.9. The van der Waals surface area contributed by atoms with Gasteiger partial charge in [0.25, 0.3) is 0 Å². The fraction of sp³-hybridized carbons (Fsp3) is 0.370. The molecular formula is C27H32N8O2. The molecule has 0 radical (unpaired) electrons. The SMILES string of the molecule is CN(C)CC=CC(=O)N1CCCCC1C(=O)NCCc1cc2c(-c3cnn4ncccc34)ccnc2[nH]1. The summed E-state index contributed by atoms with van der Waals surface area (Å²) in [6, 6.07) is 7.52. The number of piperidine rings is 1. The molecule has 1 unspecified atom stereocenters. The van der Waals surface area contributed by atoms with E-state index in [1.165, 1.54) is 0 Å². The Balaban J connectivity index is 1.25. The molecule has 2 amide bonds. The number of likely N-dealkylation sites (N-methyl/N-ethyl adjacent to an activating group) is 1. The number of aromatic amines is 1. The predicted molar refractivity (Wildman–Crippen MR) is 142 cm³/mol. The molecule has 0 saturated carbocycles. The minimum absolute atomic E-state index is 0.0946. The molecule has 10 nitrogen and oxygen atoms in total. The van der Waals surface area contributed by atoms with E-state index < -0.39 is 6.04 Å². The molecule has 1 aliphatic heterocycles. The Hall–Kier alpha value is -4.05. The number of amides is 2. The normalized spacial score (nSPS) is 16.3. The lowest BCUT2D eigenvalue weighted by Gasteiger charge is -2.34. The average Bonchev–Trinajstić information content (AvgIpc) is 3.52. The summed E-state index contributed by atoms with van der Waals surface area (Å²) in [5.74, 6) is -0.193. The van der Waals surface area contributed by atoms with Crippen molar-refractivity contribution in [3.63, 3.8) is 0 Å². The van der Waals surface area contributed by atoms with Crippen molar-refractivity contribution in [2.45, 2.75) is 31.7 Å². The molecule has 0 spiro atoms. The molecule has 37 heavy (non-hydrogen) atoms. The third-order valence-electron chi connectivity index (χ3n) is 6.69. The summed E-state index contributed by atoms with van der Waals surface area (Å²) in [5, 5.41) is 12.7. The average molecular weight is 501 g/mol. The first-order valence-electron chi connectivity index (χ1n) is 12.7. The van der Waals surface area contributed by atoms with Gasteiger partial charge in [-0.15, -0.1) is 0 Å². The largest absolute Gasteiger partial charge is 0.354 e. The molecule has 1 fully saturated rings. The number of hydrogen-bond acceptors (Lipinski definition) is 6. The number of fused-ring (bicyclic) bond motifs is 2. The molecule has 10 heteroatoms. The summed E-state index contributed by atoms with van der Waals surface area (Å²) < 4.78 is 1.61. The van der Waals surface area contributed by atoms with Crippen LogP contribution in [0.5, 0.6) is 0 Å². The van der Waals surface area contributed by atoms with E-state index in [0.29, 0.717) is 32.5 Å². The summed E-state index contributed by atoms with van der Waals surface area (Å²) >= 11 is 0. The van der Waals surface area contributed by atoms with Crippen molar-refractivity contribution >= 4 is 28.4 Å². The fourth-order valence-corrected chi connectivity index (χ4v) is 4.86. The maximum Gasteiger partial charge on any atom is 0.246 e. The van der Waals surface area contributed by atoms with Crippen LogP contribution in [-0.2, 0) is 16.0 Å². The lowest BCUT2D eigenvalue weighted by atomic mass is 10.0. The molecule has 1 atom stereocenters. The van der Waals surface area contributed by atoms with Crippen molar-refractivity contribution < 1.29 is 9.59 Å². The quantitative estimate of drug-likeness (QED) is 0.360. The van der Waals surface area contributed by atoms with E-state index in [1.54, 1.807) is 28.0 Å². The zero-order valence-corrected chi connectivity index (χ0v) is 21.2. The van der Waals surface area contributed by atoms with Gasteiger partial charge in [0.15, 0.2) is 0 Å². The number of carbonyl (C=O) groups is 2. The van der Waals surface area contributed by atoms with Crippen LogP contribution in [0.1, 0.15) is 25.0 Å². The lowest BCUT2D eigenvalue weighted by Crippen LogP contribution is -2.51. The molecule has 4 aromatic rings. The Bertz CT molecular complexity index is 1440. The monoisotopic (exact) mass is 500 g/mol. The molecule has 5 rings (SSSR count). The number of H-pyrrole nitrogens is 1. The van der Waals surface area contributed by atoms with Crippen LogP contribution < -0.4 is 5.32 Å². The predicted octanol–water partition coefficient (Wildman–Crippen LogP) is 2.43. The Labute approximate surface area is 215 Å². The van der Waals surface area contributed by atoms with Gasteiger partial charge in [0, 0.05) is 61.2 Å². The van der Waals surface area contributed by atoms with Crippen molar-refractivity contribution in [2.24, 2.45) is 0 Å². The number of rotatable bonds is 8. The van der Waals surface area contributed by atoms with E-state index in [-0.39, 0.29) is 11.8 Å². The second-order valence-electron chi connectivity index (χ2n) is 9.62. The van der Waals surface area contributed by atoms with E-state index in [4.69, 9.17) is 0 Å². The van der Waals surface area contributed by atoms with E-state index in [9.17, 15) is 9.59 Å². The van der Waals surface area contributed by atoms with Gasteiger partial charge in [-0.1, -0.05) is 6.08 Å². The van der Waals surface area contributed by atoms with Gasteiger partial charge in [-0.2, -0.15) is 14.8 Å². The van der Waals surface area contributed by atoms with Gasteiger partial charge in [0.05, 0.1) is 11.7 Å². The number of pyridine rings is 1. The molecular weight excluding hydrogens is 468 g/mol. The smallest absolute Gasteiger partial charge is 0.246 e. The standard InChI is InChI=1S/C27H32N8O2/c1-33(2)15-6-9-25(36)34-16-4-3-7-24(34)27(37)29-13-10-19-17-21-20(11-14-28-26(21)32-19)22-18-31-35-23(22)8-5-12-30-35/h5-6,8-9,11-12,14,17-18,24H,3-4,7,10,13,15-16H2,1-2H3,(H,28,32)(H,29,37). The first-order chi connectivity index (χ1) is 18.0. The molecule has 0 bridgehead atoms. The fourth-order valence-electron chi connectivity index (χ4n) is 4.86. The summed E-state index contributed by atoms with van der Waals surface area (Å²) in [6.45, 7) is 1.77. The molecule has 192 valence electrons. The highest BCUT2D eigenvalue weighted by Crippen LogP contribution is 2.30. The zero-order chi connectivity index (χ0) is 25.8. The van der Waals surface area contributed by atoms with E-state index >= 15 is 0 Å². The highest BCUT2D eigenvalue weighted by atomic mass is 16.2. The molecule has 1 saturated heterocycles. The summed E-state index contributed by atoms with van der Waals surface area (Å²) in [5.41, 5.74) is 4.70. The van der Waals surface area contributed by atoms with Crippen LogP contribution in [0.4, 0.5) is 0 Å². The molecule has 2 N–H and O–H groups in total. The van der Waals surface area contributed by atoms with Crippen LogP contribution in [0.25, 0.3) is 27.7 Å².